The molecule has 0 radical (unpaired) electrons. The number of ether oxygens (including phenoxy) is 1. The number of carbonyl (C=O) groups is 1. The highest BCUT2D eigenvalue weighted by Gasteiger charge is 2.37. The van der Waals surface area contributed by atoms with Crippen LogP contribution in [-0.4, -0.2) is 53.7 Å². The van der Waals surface area contributed by atoms with Gasteiger partial charge in [-0.05, 0) is 100 Å². The number of unbranched alkanes of at least 4 members (excludes halogenated alkanes) is 2. The molecule has 0 amide bonds. The molecule has 0 aliphatic carbocycles. The maximum absolute atomic E-state index is 14.9. The Bertz CT molecular complexity index is 1110. The molecule has 38 heavy (non-hydrogen) atoms. The van der Waals surface area contributed by atoms with E-state index in [1.165, 1.54) is 30.9 Å². The molecule has 0 spiro atoms. The van der Waals surface area contributed by atoms with Crippen LogP contribution in [0.5, 0.6) is 5.75 Å². The number of likely N-dealkylation sites (tertiary alicyclic amines) is 1. The summed E-state index contributed by atoms with van der Waals surface area (Å²) in [6.45, 7) is 9.07. The van der Waals surface area contributed by atoms with Crippen molar-refractivity contribution in [2.75, 3.05) is 32.1 Å². The molecule has 1 aromatic carbocycles. The van der Waals surface area contributed by atoms with Crippen LogP contribution in [0.3, 0.4) is 0 Å². The Balaban J connectivity index is 1.30. The first-order valence-electron chi connectivity index (χ1n) is 14.3. The van der Waals surface area contributed by atoms with Crippen molar-refractivity contribution in [3.8, 4) is 5.75 Å². The first-order valence-corrected chi connectivity index (χ1v) is 14.3. The second-order valence-electron chi connectivity index (χ2n) is 11.4. The summed E-state index contributed by atoms with van der Waals surface area (Å²) in [7, 11) is 1.42. The van der Waals surface area contributed by atoms with Gasteiger partial charge in [-0.25, -0.2) is 9.37 Å². The molecule has 1 fully saturated rings. The second kappa shape index (κ2) is 12.9. The predicted octanol–water partition coefficient (Wildman–Crippen LogP) is 6.39. The quantitative estimate of drug-likeness (QED) is 0.331. The number of fused-ring (bicyclic) bond motifs is 1. The minimum absolute atomic E-state index is 0.0573. The molecule has 3 heterocycles. The van der Waals surface area contributed by atoms with Crippen LogP contribution < -0.4 is 10.1 Å². The molecule has 3 atom stereocenters. The number of halogens is 1. The van der Waals surface area contributed by atoms with Crippen LogP contribution in [0.1, 0.15) is 93.5 Å². The topological polar surface area (TPSA) is 74.7 Å². The van der Waals surface area contributed by atoms with E-state index in [1.807, 2.05) is 19.9 Å². The highest BCUT2D eigenvalue weighted by molar-refractivity contribution is 5.78. The maximum atomic E-state index is 14.9. The number of pyridine rings is 1. The number of rotatable bonds is 11. The van der Waals surface area contributed by atoms with Crippen molar-refractivity contribution in [2.24, 2.45) is 5.92 Å². The highest BCUT2D eigenvalue weighted by Crippen LogP contribution is 2.41. The SMILES string of the molecule is COc1c(F)cc(C(C)C)cc1[C@H](C(=O)O)[C@@H]1CCN(CCCCCc2ccc3c(n2)NCCC3)[C@H](C)C1. The molecular formula is C31H44FN3O3. The Morgan fingerprint density at radius 1 is 1.26 bits per heavy atom. The summed E-state index contributed by atoms with van der Waals surface area (Å²) in [5.74, 6) is -0.974. The molecule has 7 heteroatoms. The molecule has 2 aromatic rings. The molecule has 6 nitrogen and oxygen atoms in total. The summed E-state index contributed by atoms with van der Waals surface area (Å²) < 4.78 is 20.2. The Morgan fingerprint density at radius 2 is 2.08 bits per heavy atom. The number of aliphatic carboxylic acids is 1. The smallest absolute Gasteiger partial charge is 0.311 e. The van der Waals surface area contributed by atoms with E-state index in [1.54, 1.807) is 0 Å². The summed E-state index contributed by atoms with van der Waals surface area (Å²) >= 11 is 0. The van der Waals surface area contributed by atoms with Crippen molar-refractivity contribution in [2.45, 2.75) is 90.0 Å². The molecule has 2 aliphatic rings. The number of nitrogens with one attached hydrogen (secondary N) is 1. The minimum Gasteiger partial charge on any atom is -0.493 e. The fourth-order valence-electron chi connectivity index (χ4n) is 6.20. The molecule has 4 rings (SSSR count). The number of hydrogen-bond donors (Lipinski definition) is 2. The van der Waals surface area contributed by atoms with Gasteiger partial charge < -0.3 is 20.1 Å². The lowest BCUT2D eigenvalue weighted by atomic mass is 9.76. The third kappa shape index (κ3) is 6.66. The molecule has 0 saturated carbocycles. The zero-order valence-electron chi connectivity index (χ0n) is 23.4. The van der Waals surface area contributed by atoms with E-state index in [9.17, 15) is 14.3 Å². The van der Waals surface area contributed by atoms with Crippen molar-refractivity contribution in [1.29, 1.82) is 0 Å². The van der Waals surface area contributed by atoms with Crippen LogP contribution in [0.15, 0.2) is 24.3 Å². The van der Waals surface area contributed by atoms with Crippen molar-refractivity contribution in [1.82, 2.24) is 9.88 Å². The largest absolute Gasteiger partial charge is 0.493 e. The third-order valence-electron chi connectivity index (χ3n) is 8.42. The molecule has 208 valence electrons. The normalized spacial score (nSPS) is 20.6. The molecule has 2 N–H and O–H groups in total. The van der Waals surface area contributed by atoms with Gasteiger partial charge >= 0.3 is 5.97 Å². The first-order chi connectivity index (χ1) is 18.3. The van der Waals surface area contributed by atoms with Crippen LogP contribution in [0.2, 0.25) is 0 Å². The van der Waals surface area contributed by atoms with E-state index >= 15 is 0 Å². The zero-order chi connectivity index (χ0) is 27.2. The predicted molar refractivity (Wildman–Crippen MR) is 150 cm³/mol. The monoisotopic (exact) mass is 525 g/mol. The van der Waals surface area contributed by atoms with Gasteiger partial charge in [-0.1, -0.05) is 32.4 Å². The number of hydrogen-bond acceptors (Lipinski definition) is 5. The fourth-order valence-corrected chi connectivity index (χ4v) is 6.20. The van der Waals surface area contributed by atoms with Crippen molar-refractivity contribution >= 4 is 11.8 Å². The molecular weight excluding hydrogens is 481 g/mol. The summed E-state index contributed by atoms with van der Waals surface area (Å²) in [5.41, 5.74) is 3.77. The van der Waals surface area contributed by atoms with Gasteiger partial charge in [-0.15, -0.1) is 0 Å². The third-order valence-corrected chi connectivity index (χ3v) is 8.42. The van der Waals surface area contributed by atoms with E-state index in [2.05, 4.69) is 29.3 Å². The number of piperidine rings is 1. The van der Waals surface area contributed by atoms with E-state index in [0.717, 1.165) is 76.0 Å². The van der Waals surface area contributed by atoms with Crippen molar-refractivity contribution in [3.63, 3.8) is 0 Å². The summed E-state index contributed by atoms with van der Waals surface area (Å²) in [6, 6.07) is 8.00. The summed E-state index contributed by atoms with van der Waals surface area (Å²) in [4.78, 5) is 19.8. The van der Waals surface area contributed by atoms with Crippen LogP contribution in [0.25, 0.3) is 0 Å². The number of aromatic nitrogens is 1. The Hall–Kier alpha value is -2.67. The lowest BCUT2D eigenvalue weighted by Crippen LogP contribution is -2.43. The minimum atomic E-state index is -0.903. The Morgan fingerprint density at radius 3 is 2.79 bits per heavy atom. The van der Waals surface area contributed by atoms with Gasteiger partial charge in [0, 0.05) is 23.8 Å². The van der Waals surface area contributed by atoms with Crippen molar-refractivity contribution in [3.05, 3.63) is 52.5 Å². The van der Waals surface area contributed by atoms with Crippen LogP contribution in [0, 0.1) is 11.7 Å². The van der Waals surface area contributed by atoms with Crippen LogP contribution >= 0.6 is 0 Å². The number of anilines is 1. The molecule has 1 saturated heterocycles. The Kier molecular flexibility index (Phi) is 9.64. The van der Waals surface area contributed by atoms with Gasteiger partial charge in [-0.3, -0.25) is 4.79 Å². The van der Waals surface area contributed by atoms with E-state index in [4.69, 9.17) is 9.72 Å². The number of carboxylic acid groups (broad SMARTS) is 1. The molecule has 0 unspecified atom stereocenters. The summed E-state index contributed by atoms with van der Waals surface area (Å²) in [6.07, 6.45) is 8.25. The van der Waals surface area contributed by atoms with Crippen LogP contribution in [0.4, 0.5) is 10.2 Å². The molecule has 2 aliphatic heterocycles. The van der Waals surface area contributed by atoms with Gasteiger partial charge in [0.15, 0.2) is 11.6 Å². The average molecular weight is 526 g/mol. The van der Waals surface area contributed by atoms with Gasteiger partial charge in [0.2, 0.25) is 0 Å². The zero-order valence-corrected chi connectivity index (χ0v) is 23.4. The first kappa shape index (κ1) is 28.3. The standard InChI is InChI=1S/C31H44FN3O3/c1-20(2)24-18-26(29(38-4)27(32)19-24)28(31(36)37)23-13-16-35(21(3)17-23)15-7-5-6-10-25-12-11-22-9-8-14-33-30(22)34-25/h11-12,18-21,23,28H,5-10,13-17H2,1-4H3,(H,33,34)(H,36,37)/t21-,23-,28-/m1/s1. The van der Waals surface area contributed by atoms with Gasteiger partial charge in [0.05, 0.1) is 13.0 Å². The van der Waals surface area contributed by atoms with E-state index < -0.39 is 17.7 Å². The van der Waals surface area contributed by atoms with Gasteiger partial charge in [-0.2, -0.15) is 0 Å². The van der Waals surface area contributed by atoms with Gasteiger partial charge in [0.1, 0.15) is 5.82 Å². The van der Waals surface area contributed by atoms with E-state index in [-0.39, 0.29) is 23.6 Å². The van der Waals surface area contributed by atoms with E-state index in [0.29, 0.717) is 5.56 Å². The fraction of sp³-hybridized carbons (Fsp3) is 0.613. The highest BCUT2D eigenvalue weighted by atomic mass is 19.1. The number of benzene rings is 1. The number of nitrogens with zero attached hydrogens (tertiary/aromatic N) is 2. The maximum Gasteiger partial charge on any atom is 0.311 e. The molecule has 1 aromatic heterocycles. The second-order valence-corrected chi connectivity index (χ2v) is 11.4. The molecule has 0 bridgehead atoms. The number of methoxy groups -OCH3 is 1. The van der Waals surface area contributed by atoms with Gasteiger partial charge in [0.25, 0.3) is 0 Å². The summed E-state index contributed by atoms with van der Waals surface area (Å²) in [5, 5.41) is 13.6. The number of aryl methyl sites for hydroxylation is 2. The Labute approximate surface area is 227 Å². The number of carboxylic acids is 1. The van der Waals surface area contributed by atoms with Crippen LogP contribution in [-0.2, 0) is 17.6 Å². The lowest BCUT2D eigenvalue weighted by molar-refractivity contribution is -0.141. The van der Waals surface area contributed by atoms with Crippen molar-refractivity contribution < 1.29 is 19.0 Å². The average Bonchev–Trinajstić information content (AvgIpc) is 2.89. The lowest BCUT2D eigenvalue weighted by Gasteiger charge is -2.40.